The number of nitrogens with zero attached hydrogens (tertiary/aromatic N) is 2. The van der Waals surface area contributed by atoms with Crippen molar-refractivity contribution in [1.29, 1.82) is 0 Å². The van der Waals surface area contributed by atoms with Crippen LogP contribution in [0.1, 0.15) is 23.5 Å². The first-order valence-corrected chi connectivity index (χ1v) is 9.50. The summed E-state index contributed by atoms with van der Waals surface area (Å²) in [5, 5.41) is 7.83. The molecule has 5 heteroatoms. The van der Waals surface area contributed by atoms with Crippen LogP contribution in [0.15, 0.2) is 84.9 Å². The Morgan fingerprint density at radius 3 is 2.28 bits per heavy atom. The molecule has 4 nitrogen and oxygen atoms in total. The molecule has 0 saturated carbocycles. The van der Waals surface area contributed by atoms with Crippen molar-refractivity contribution in [1.82, 2.24) is 9.78 Å². The zero-order chi connectivity index (χ0) is 19.8. The van der Waals surface area contributed by atoms with Crippen LogP contribution in [0.3, 0.4) is 0 Å². The minimum absolute atomic E-state index is 0.151. The van der Waals surface area contributed by atoms with Gasteiger partial charge in [0.25, 0.3) is 0 Å². The molecule has 1 N–H and O–H groups in total. The number of hydrogen-bond acceptors (Lipinski definition) is 2. The van der Waals surface area contributed by atoms with E-state index in [4.69, 9.17) is 5.10 Å². The van der Waals surface area contributed by atoms with E-state index in [9.17, 15) is 9.18 Å². The number of rotatable bonds is 3. The van der Waals surface area contributed by atoms with Crippen molar-refractivity contribution >= 4 is 11.7 Å². The Labute approximate surface area is 167 Å². The van der Waals surface area contributed by atoms with Crippen LogP contribution in [0.4, 0.5) is 10.2 Å². The number of benzene rings is 3. The summed E-state index contributed by atoms with van der Waals surface area (Å²) in [5.41, 5.74) is 3.85. The number of para-hydroxylation sites is 1. The van der Waals surface area contributed by atoms with Gasteiger partial charge < -0.3 is 5.32 Å². The van der Waals surface area contributed by atoms with Gasteiger partial charge in [0.1, 0.15) is 11.6 Å². The molecule has 2 heterocycles. The number of fused-ring (bicyclic) bond motifs is 1. The maximum atomic E-state index is 14.7. The lowest BCUT2D eigenvalue weighted by Crippen LogP contribution is -2.25. The smallest absolute Gasteiger partial charge is 0.226 e. The van der Waals surface area contributed by atoms with E-state index in [1.807, 2.05) is 60.7 Å². The van der Waals surface area contributed by atoms with Crippen LogP contribution in [0.5, 0.6) is 0 Å². The number of anilines is 1. The van der Waals surface area contributed by atoms with Crippen LogP contribution in [0.2, 0.25) is 0 Å². The second-order valence-corrected chi connectivity index (χ2v) is 7.05. The van der Waals surface area contributed by atoms with E-state index in [2.05, 4.69) is 5.32 Å². The molecule has 1 aliphatic heterocycles. The van der Waals surface area contributed by atoms with Crippen LogP contribution in [-0.2, 0) is 4.79 Å². The minimum Gasteiger partial charge on any atom is -0.310 e. The number of carbonyl (C=O) groups excluding carboxylic acids is 1. The lowest BCUT2D eigenvalue weighted by molar-refractivity contribution is -0.116. The monoisotopic (exact) mass is 383 g/mol. The van der Waals surface area contributed by atoms with Crippen molar-refractivity contribution in [3.8, 4) is 16.9 Å². The maximum absolute atomic E-state index is 14.7. The zero-order valence-electron chi connectivity index (χ0n) is 15.5. The van der Waals surface area contributed by atoms with E-state index in [1.165, 1.54) is 6.07 Å². The molecule has 142 valence electrons. The fourth-order valence-electron chi connectivity index (χ4n) is 3.94. The van der Waals surface area contributed by atoms with Crippen LogP contribution >= 0.6 is 0 Å². The number of amides is 1. The van der Waals surface area contributed by atoms with Gasteiger partial charge in [0.05, 0.1) is 11.4 Å². The lowest BCUT2D eigenvalue weighted by atomic mass is 9.84. The quantitative estimate of drug-likeness (QED) is 0.532. The third-order valence-electron chi connectivity index (χ3n) is 5.25. The summed E-state index contributed by atoms with van der Waals surface area (Å²) < 4.78 is 16.4. The average Bonchev–Trinajstić information content (AvgIpc) is 3.14. The van der Waals surface area contributed by atoms with Gasteiger partial charge in [0.2, 0.25) is 5.91 Å². The number of nitrogens with one attached hydrogen (secondary N) is 1. The van der Waals surface area contributed by atoms with Crippen molar-refractivity contribution in [3.05, 3.63) is 102 Å². The Hall–Kier alpha value is -3.73. The molecule has 0 bridgehead atoms. The van der Waals surface area contributed by atoms with Crippen LogP contribution < -0.4 is 5.32 Å². The van der Waals surface area contributed by atoms with E-state index in [-0.39, 0.29) is 18.1 Å². The summed E-state index contributed by atoms with van der Waals surface area (Å²) in [6, 6.07) is 26.1. The molecule has 1 amide bonds. The second kappa shape index (κ2) is 7.02. The van der Waals surface area contributed by atoms with E-state index in [0.29, 0.717) is 11.4 Å². The molecule has 1 atom stereocenters. The molecular formula is C24H18FN3O. The molecule has 1 aliphatic rings. The number of halogens is 1. The Balaban J connectivity index is 1.80. The molecular weight excluding hydrogens is 365 g/mol. The molecule has 0 unspecified atom stereocenters. The van der Waals surface area contributed by atoms with Crippen molar-refractivity contribution in [2.75, 3.05) is 5.32 Å². The molecule has 0 fully saturated rings. The minimum atomic E-state index is -0.410. The third-order valence-corrected chi connectivity index (χ3v) is 5.25. The summed E-state index contributed by atoms with van der Waals surface area (Å²) in [6.45, 7) is 0. The summed E-state index contributed by atoms with van der Waals surface area (Å²) >= 11 is 0. The van der Waals surface area contributed by atoms with Crippen molar-refractivity contribution in [2.45, 2.75) is 12.3 Å². The summed E-state index contributed by atoms with van der Waals surface area (Å²) in [7, 11) is 0. The van der Waals surface area contributed by atoms with Gasteiger partial charge in [-0.05, 0) is 23.8 Å². The fraction of sp³-hybridized carbons (Fsp3) is 0.0833. The SMILES string of the molecule is O=C1C[C@@H](c2ccccc2F)c2c(-c3ccccc3)nn(-c3ccccc3)c2N1. The number of carbonyl (C=O) groups is 1. The summed E-state index contributed by atoms with van der Waals surface area (Å²) in [4.78, 5) is 12.6. The van der Waals surface area contributed by atoms with Crippen LogP contribution in [0, 0.1) is 5.82 Å². The van der Waals surface area contributed by atoms with Crippen molar-refractivity contribution in [3.63, 3.8) is 0 Å². The summed E-state index contributed by atoms with van der Waals surface area (Å²) in [5.74, 6) is -0.278. The number of aromatic nitrogens is 2. The molecule has 1 aromatic heterocycles. The maximum Gasteiger partial charge on any atom is 0.226 e. The van der Waals surface area contributed by atoms with E-state index >= 15 is 0 Å². The predicted molar refractivity (Wildman–Crippen MR) is 110 cm³/mol. The van der Waals surface area contributed by atoms with Crippen molar-refractivity contribution in [2.24, 2.45) is 0 Å². The molecule has 0 radical (unpaired) electrons. The van der Waals surface area contributed by atoms with Gasteiger partial charge in [-0.2, -0.15) is 5.10 Å². The highest BCUT2D eigenvalue weighted by molar-refractivity contribution is 5.96. The predicted octanol–water partition coefficient (Wildman–Crippen LogP) is 5.15. The third kappa shape index (κ3) is 3.01. The first-order chi connectivity index (χ1) is 14.2. The first-order valence-electron chi connectivity index (χ1n) is 9.50. The molecule has 4 aromatic rings. The van der Waals surface area contributed by atoms with Crippen molar-refractivity contribution < 1.29 is 9.18 Å². The Morgan fingerprint density at radius 2 is 1.55 bits per heavy atom. The lowest BCUT2D eigenvalue weighted by Gasteiger charge is -2.25. The van der Waals surface area contributed by atoms with Gasteiger partial charge in [-0.1, -0.05) is 66.7 Å². The number of hydrogen-bond donors (Lipinski definition) is 1. The fourth-order valence-corrected chi connectivity index (χ4v) is 3.94. The first kappa shape index (κ1) is 17.4. The molecule has 29 heavy (non-hydrogen) atoms. The van der Waals surface area contributed by atoms with Gasteiger partial charge in [-0.15, -0.1) is 0 Å². The zero-order valence-corrected chi connectivity index (χ0v) is 15.5. The normalized spacial score (nSPS) is 15.6. The van der Waals surface area contributed by atoms with Gasteiger partial charge in [-0.25, -0.2) is 9.07 Å². The largest absolute Gasteiger partial charge is 0.310 e. The highest BCUT2D eigenvalue weighted by Crippen LogP contribution is 2.44. The topological polar surface area (TPSA) is 46.9 Å². The van der Waals surface area contributed by atoms with Crippen LogP contribution in [-0.4, -0.2) is 15.7 Å². The van der Waals surface area contributed by atoms with Gasteiger partial charge in [0, 0.05) is 23.5 Å². The Morgan fingerprint density at radius 1 is 0.897 bits per heavy atom. The Kier molecular flexibility index (Phi) is 4.21. The van der Waals surface area contributed by atoms with E-state index in [1.54, 1.807) is 22.9 Å². The molecule has 3 aromatic carbocycles. The van der Waals surface area contributed by atoms with Crippen LogP contribution in [0.25, 0.3) is 16.9 Å². The second-order valence-electron chi connectivity index (χ2n) is 7.05. The van der Waals surface area contributed by atoms with E-state index < -0.39 is 5.92 Å². The Bertz CT molecular complexity index is 1190. The standard InChI is InChI=1S/C24H18FN3O/c25-20-14-8-7-13-18(20)19-15-21(29)26-24-22(19)23(16-9-3-1-4-10-16)27-28(24)17-11-5-2-6-12-17/h1-14,19H,15H2,(H,26,29)/t19-/m0/s1. The van der Waals surface area contributed by atoms with Gasteiger partial charge >= 0.3 is 0 Å². The highest BCUT2D eigenvalue weighted by Gasteiger charge is 2.35. The molecule has 0 spiro atoms. The van der Waals surface area contributed by atoms with Gasteiger partial charge in [0.15, 0.2) is 0 Å². The average molecular weight is 383 g/mol. The highest BCUT2D eigenvalue weighted by atomic mass is 19.1. The summed E-state index contributed by atoms with van der Waals surface area (Å²) in [6.07, 6.45) is 0.175. The van der Waals surface area contributed by atoms with E-state index in [0.717, 1.165) is 22.5 Å². The van der Waals surface area contributed by atoms with Gasteiger partial charge in [-0.3, -0.25) is 4.79 Å². The molecule has 5 rings (SSSR count). The molecule has 0 aliphatic carbocycles. The molecule has 0 saturated heterocycles.